The highest BCUT2D eigenvalue weighted by Crippen LogP contribution is 2.31. The quantitative estimate of drug-likeness (QED) is 0.902. The summed E-state index contributed by atoms with van der Waals surface area (Å²) < 4.78 is 13.0. The number of fused-ring (bicyclic) bond motifs is 1. The van der Waals surface area contributed by atoms with E-state index in [1.165, 1.54) is 0 Å². The molecule has 7 heteroatoms. The van der Waals surface area contributed by atoms with E-state index in [9.17, 15) is 4.79 Å². The Hall–Kier alpha value is -2.80. The van der Waals surface area contributed by atoms with Gasteiger partial charge in [-0.15, -0.1) is 0 Å². The molecule has 2 aliphatic rings. The molecule has 0 bridgehead atoms. The fraction of sp³-hybridized carbons (Fsp3) is 0.368. The third-order valence-corrected chi connectivity index (χ3v) is 4.87. The molecule has 0 aliphatic carbocycles. The van der Waals surface area contributed by atoms with Gasteiger partial charge >= 0.3 is 0 Å². The van der Waals surface area contributed by atoms with Gasteiger partial charge in [-0.25, -0.2) is 4.98 Å². The molecule has 7 nitrogen and oxygen atoms in total. The van der Waals surface area contributed by atoms with Crippen LogP contribution in [0.25, 0.3) is 6.08 Å². The number of nitrogens with zero attached hydrogens (tertiary/aromatic N) is 3. The van der Waals surface area contributed by atoms with Crippen LogP contribution in [-0.4, -0.2) is 53.7 Å². The molecule has 26 heavy (non-hydrogen) atoms. The molecule has 1 fully saturated rings. The van der Waals surface area contributed by atoms with Gasteiger partial charge in [0.25, 0.3) is 5.91 Å². The molecular formula is C19H22N4O3. The molecule has 136 valence electrons. The first-order chi connectivity index (χ1) is 12.7. The van der Waals surface area contributed by atoms with Gasteiger partial charge in [0.2, 0.25) is 0 Å². The minimum atomic E-state index is -0.0937. The number of ether oxygens (including phenoxy) is 2. The maximum atomic E-state index is 13.2. The van der Waals surface area contributed by atoms with Crippen molar-refractivity contribution in [3.63, 3.8) is 0 Å². The van der Waals surface area contributed by atoms with Crippen molar-refractivity contribution >= 4 is 12.0 Å². The van der Waals surface area contributed by atoms with Crippen LogP contribution in [0.5, 0.6) is 11.5 Å². The zero-order valence-electron chi connectivity index (χ0n) is 14.9. The number of rotatable bonds is 3. The zero-order chi connectivity index (χ0) is 18.1. The third-order valence-electron chi connectivity index (χ3n) is 4.87. The average molecular weight is 354 g/mol. The number of nitrogens with one attached hydrogen (secondary N) is 1. The summed E-state index contributed by atoms with van der Waals surface area (Å²) in [6, 6.07) is 5.51. The van der Waals surface area contributed by atoms with Crippen LogP contribution >= 0.6 is 0 Å². The van der Waals surface area contributed by atoms with Gasteiger partial charge in [-0.1, -0.05) is 0 Å². The molecular weight excluding hydrogens is 332 g/mol. The smallest absolute Gasteiger partial charge is 0.253 e. The molecule has 4 rings (SSSR count). The van der Waals surface area contributed by atoms with Gasteiger partial charge in [0, 0.05) is 44.6 Å². The lowest BCUT2D eigenvalue weighted by atomic mass is 10.0. The number of hydrogen-bond donors (Lipinski definition) is 1. The maximum absolute atomic E-state index is 13.2. The molecule has 0 spiro atoms. The van der Waals surface area contributed by atoms with Gasteiger partial charge in [-0.05, 0) is 24.3 Å². The second-order valence-electron chi connectivity index (χ2n) is 6.48. The second-order valence-corrected chi connectivity index (χ2v) is 6.48. The lowest BCUT2D eigenvalue weighted by molar-refractivity contribution is -0.130. The lowest BCUT2D eigenvalue weighted by Gasteiger charge is -2.36. The fourth-order valence-electron chi connectivity index (χ4n) is 3.47. The average Bonchev–Trinajstić information content (AvgIpc) is 3.12. The predicted octanol–water partition coefficient (Wildman–Crippen LogP) is 1.38. The van der Waals surface area contributed by atoms with Crippen molar-refractivity contribution in [2.24, 2.45) is 7.05 Å². The fourth-order valence-corrected chi connectivity index (χ4v) is 3.47. The van der Waals surface area contributed by atoms with E-state index in [1.54, 1.807) is 13.3 Å². The van der Waals surface area contributed by atoms with Gasteiger partial charge < -0.3 is 24.3 Å². The van der Waals surface area contributed by atoms with Crippen molar-refractivity contribution in [2.45, 2.75) is 6.04 Å². The van der Waals surface area contributed by atoms with E-state index in [4.69, 9.17) is 9.47 Å². The van der Waals surface area contributed by atoms with E-state index in [0.717, 1.165) is 29.4 Å². The van der Waals surface area contributed by atoms with Gasteiger partial charge in [0.1, 0.15) is 30.0 Å². The Balaban J connectivity index is 1.63. The summed E-state index contributed by atoms with van der Waals surface area (Å²) in [6.07, 6.45) is 5.57. The van der Waals surface area contributed by atoms with Crippen LogP contribution in [-0.2, 0) is 11.8 Å². The summed E-state index contributed by atoms with van der Waals surface area (Å²) in [4.78, 5) is 19.5. The Morgan fingerprint density at radius 3 is 3.08 bits per heavy atom. The molecule has 1 amide bonds. The monoisotopic (exact) mass is 354 g/mol. The number of benzene rings is 1. The maximum Gasteiger partial charge on any atom is 0.253 e. The van der Waals surface area contributed by atoms with E-state index in [0.29, 0.717) is 18.7 Å². The number of aryl methyl sites for hydroxylation is 1. The summed E-state index contributed by atoms with van der Waals surface area (Å²) >= 11 is 0. The van der Waals surface area contributed by atoms with Crippen LogP contribution in [0.3, 0.4) is 0 Å². The molecule has 0 radical (unpaired) electrons. The number of piperazine rings is 1. The summed E-state index contributed by atoms with van der Waals surface area (Å²) in [5.41, 5.74) is 1.51. The second kappa shape index (κ2) is 6.84. The van der Waals surface area contributed by atoms with Gasteiger partial charge in [-0.3, -0.25) is 4.79 Å². The molecule has 1 atom stereocenters. The highest BCUT2D eigenvalue weighted by Gasteiger charge is 2.33. The molecule has 2 aromatic rings. The number of hydrogen-bond acceptors (Lipinski definition) is 5. The first kappa shape index (κ1) is 16.7. The summed E-state index contributed by atoms with van der Waals surface area (Å²) in [7, 11) is 3.57. The van der Waals surface area contributed by atoms with Crippen molar-refractivity contribution in [2.75, 3.05) is 33.4 Å². The van der Waals surface area contributed by atoms with E-state index in [-0.39, 0.29) is 18.6 Å². The molecule has 1 N–H and O–H groups in total. The molecule has 1 aromatic heterocycles. The zero-order valence-corrected chi connectivity index (χ0v) is 14.9. The Kier molecular flexibility index (Phi) is 4.38. The topological polar surface area (TPSA) is 68.6 Å². The minimum Gasteiger partial charge on any atom is -0.497 e. The van der Waals surface area contributed by atoms with Crippen molar-refractivity contribution in [1.29, 1.82) is 0 Å². The Labute approximate surface area is 152 Å². The van der Waals surface area contributed by atoms with E-state index in [2.05, 4.69) is 10.3 Å². The summed E-state index contributed by atoms with van der Waals surface area (Å²) in [5.74, 6) is 2.38. The van der Waals surface area contributed by atoms with E-state index < -0.39 is 0 Å². The first-order valence-corrected chi connectivity index (χ1v) is 8.67. The van der Waals surface area contributed by atoms with Crippen LogP contribution in [0, 0.1) is 0 Å². The molecule has 2 aliphatic heterocycles. The largest absolute Gasteiger partial charge is 0.497 e. The van der Waals surface area contributed by atoms with E-state index >= 15 is 0 Å². The van der Waals surface area contributed by atoms with Crippen LogP contribution in [0.1, 0.15) is 17.4 Å². The number of amides is 1. The number of aromatic nitrogens is 2. The molecule has 1 aromatic carbocycles. The number of methoxy groups -OCH3 is 1. The summed E-state index contributed by atoms with van der Waals surface area (Å²) in [5, 5.41) is 3.35. The van der Waals surface area contributed by atoms with Crippen molar-refractivity contribution in [1.82, 2.24) is 19.8 Å². The SMILES string of the molecule is COc1ccc2c(c1)C=C(C(=O)N1CCNCC1c1nccn1C)CO2. The summed E-state index contributed by atoms with van der Waals surface area (Å²) in [6.45, 7) is 2.37. The van der Waals surface area contributed by atoms with Crippen LogP contribution < -0.4 is 14.8 Å². The van der Waals surface area contributed by atoms with Crippen molar-refractivity contribution in [3.05, 3.63) is 47.6 Å². The Morgan fingerprint density at radius 1 is 1.42 bits per heavy atom. The van der Waals surface area contributed by atoms with E-state index in [1.807, 2.05) is 47.0 Å². The predicted molar refractivity (Wildman–Crippen MR) is 97.0 cm³/mol. The molecule has 1 saturated heterocycles. The number of carbonyl (C=O) groups excluding carboxylic acids is 1. The highest BCUT2D eigenvalue weighted by atomic mass is 16.5. The van der Waals surface area contributed by atoms with Gasteiger partial charge in [0.05, 0.1) is 12.7 Å². The molecule has 1 unspecified atom stereocenters. The van der Waals surface area contributed by atoms with Crippen LogP contribution in [0.2, 0.25) is 0 Å². The highest BCUT2D eigenvalue weighted by molar-refractivity contribution is 5.99. The van der Waals surface area contributed by atoms with Gasteiger partial charge in [0.15, 0.2) is 0 Å². The lowest BCUT2D eigenvalue weighted by Crippen LogP contribution is -2.50. The first-order valence-electron chi connectivity index (χ1n) is 8.67. The molecule has 0 saturated carbocycles. The normalized spacial score (nSPS) is 19.4. The minimum absolute atomic E-state index is 0.00651. The Bertz CT molecular complexity index is 858. The van der Waals surface area contributed by atoms with Crippen LogP contribution in [0.4, 0.5) is 0 Å². The van der Waals surface area contributed by atoms with Crippen molar-refractivity contribution < 1.29 is 14.3 Å². The standard InChI is InChI=1S/C19H22N4O3/c1-22-7-6-21-18(22)16-11-20-5-8-23(16)19(24)14-9-13-10-15(25-2)3-4-17(13)26-12-14/h3-4,6-7,9-10,16,20H,5,8,11-12H2,1-2H3. The van der Waals surface area contributed by atoms with Crippen molar-refractivity contribution in [3.8, 4) is 11.5 Å². The number of imidazole rings is 1. The number of carbonyl (C=O) groups is 1. The molecule has 3 heterocycles. The Morgan fingerprint density at radius 2 is 2.31 bits per heavy atom. The van der Waals surface area contributed by atoms with Crippen LogP contribution in [0.15, 0.2) is 36.2 Å². The third kappa shape index (κ3) is 2.94. The van der Waals surface area contributed by atoms with Gasteiger partial charge in [-0.2, -0.15) is 0 Å².